The fraction of sp³-hybridized carbons (Fsp3) is 0.714. The molecule has 0 bridgehead atoms. The molecule has 1 nitrogen and oxygen atoms in total. The smallest absolute Gasteiger partial charge is 0.0794 e. The van der Waals surface area contributed by atoms with Crippen LogP contribution < -0.4 is 0 Å². The lowest BCUT2D eigenvalue weighted by molar-refractivity contribution is 0.138. The first-order valence-corrected chi connectivity index (χ1v) is 3.73. The Hall–Kier alpha value is -0.0100. The van der Waals surface area contributed by atoms with E-state index in [-0.39, 0.29) is 6.10 Å². The molecule has 1 rings (SSSR count). The predicted octanol–water partition coefficient (Wildman–Crippen LogP) is 1.96. The SMILES string of the molecule is C=C(CCl)C1CCCO1. The molecule has 0 amide bonds. The van der Waals surface area contributed by atoms with Crippen LogP contribution in [0.3, 0.4) is 0 Å². The molecule has 0 aromatic heterocycles. The third kappa shape index (κ3) is 1.70. The summed E-state index contributed by atoms with van der Waals surface area (Å²) in [5.74, 6) is 0.532. The molecule has 0 spiro atoms. The monoisotopic (exact) mass is 146 g/mol. The summed E-state index contributed by atoms with van der Waals surface area (Å²) in [6.07, 6.45) is 2.51. The fourth-order valence-electron chi connectivity index (χ4n) is 0.986. The van der Waals surface area contributed by atoms with E-state index < -0.39 is 0 Å². The molecular formula is C7H11ClO. The molecule has 1 unspecified atom stereocenters. The maximum Gasteiger partial charge on any atom is 0.0794 e. The molecule has 9 heavy (non-hydrogen) atoms. The standard InChI is InChI=1S/C7H11ClO/c1-6(5-8)7-3-2-4-9-7/h7H,1-5H2. The van der Waals surface area contributed by atoms with Gasteiger partial charge in [0.1, 0.15) is 0 Å². The molecule has 0 saturated carbocycles. The molecule has 1 aliphatic rings. The average Bonchev–Trinajstić information content (AvgIpc) is 2.37. The lowest BCUT2D eigenvalue weighted by atomic mass is 10.1. The van der Waals surface area contributed by atoms with Crippen LogP contribution in [0.1, 0.15) is 12.8 Å². The summed E-state index contributed by atoms with van der Waals surface area (Å²) >= 11 is 5.55. The van der Waals surface area contributed by atoms with Crippen molar-refractivity contribution in [1.29, 1.82) is 0 Å². The largest absolute Gasteiger partial charge is 0.374 e. The van der Waals surface area contributed by atoms with Gasteiger partial charge in [-0.2, -0.15) is 0 Å². The van der Waals surface area contributed by atoms with E-state index in [1.165, 1.54) is 0 Å². The van der Waals surface area contributed by atoms with Gasteiger partial charge in [-0.25, -0.2) is 0 Å². The van der Waals surface area contributed by atoms with Crippen LogP contribution in [0.5, 0.6) is 0 Å². The van der Waals surface area contributed by atoms with Crippen molar-refractivity contribution in [1.82, 2.24) is 0 Å². The molecule has 2 heteroatoms. The maximum atomic E-state index is 5.55. The highest BCUT2D eigenvalue weighted by Gasteiger charge is 2.17. The van der Waals surface area contributed by atoms with E-state index in [0.717, 1.165) is 25.0 Å². The number of rotatable bonds is 2. The Kier molecular flexibility index (Phi) is 2.55. The zero-order chi connectivity index (χ0) is 6.69. The van der Waals surface area contributed by atoms with Crippen molar-refractivity contribution in [2.75, 3.05) is 12.5 Å². The molecule has 0 aliphatic carbocycles. The number of ether oxygens (including phenoxy) is 1. The number of hydrogen-bond acceptors (Lipinski definition) is 1. The van der Waals surface area contributed by atoms with Crippen LogP contribution in [0.4, 0.5) is 0 Å². The van der Waals surface area contributed by atoms with Crippen molar-refractivity contribution in [3.63, 3.8) is 0 Å². The highest BCUT2D eigenvalue weighted by molar-refractivity contribution is 6.19. The molecule has 1 atom stereocenters. The fourth-order valence-corrected chi connectivity index (χ4v) is 1.16. The first-order chi connectivity index (χ1) is 4.34. The van der Waals surface area contributed by atoms with Gasteiger partial charge in [-0.05, 0) is 18.4 Å². The van der Waals surface area contributed by atoms with E-state index >= 15 is 0 Å². The van der Waals surface area contributed by atoms with Gasteiger partial charge in [0.05, 0.1) is 6.10 Å². The Morgan fingerprint density at radius 1 is 1.78 bits per heavy atom. The summed E-state index contributed by atoms with van der Waals surface area (Å²) in [7, 11) is 0. The molecule has 0 radical (unpaired) electrons. The maximum absolute atomic E-state index is 5.55. The summed E-state index contributed by atoms with van der Waals surface area (Å²) in [5, 5.41) is 0. The minimum absolute atomic E-state index is 0.252. The third-order valence-corrected chi connectivity index (χ3v) is 1.90. The van der Waals surface area contributed by atoms with E-state index in [0.29, 0.717) is 5.88 Å². The topological polar surface area (TPSA) is 9.23 Å². The van der Waals surface area contributed by atoms with Gasteiger partial charge in [-0.3, -0.25) is 0 Å². The van der Waals surface area contributed by atoms with Crippen LogP contribution in [0.15, 0.2) is 12.2 Å². The first-order valence-electron chi connectivity index (χ1n) is 3.20. The van der Waals surface area contributed by atoms with Crippen LogP contribution >= 0.6 is 11.6 Å². The van der Waals surface area contributed by atoms with Gasteiger partial charge in [-0.1, -0.05) is 6.58 Å². The van der Waals surface area contributed by atoms with E-state index in [1.54, 1.807) is 0 Å². The molecule has 0 aromatic rings. The van der Waals surface area contributed by atoms with Crippen molar-refractivity contribution in [2.24, 2.45) is 0 Å². The second kappa shape index (κ2) is 3.23. The number of hydrogen-bond donors (Lipinski definition) is 0. The molecular weight excluding hydrogens is 136 g/mol. The molecule has 1 fully saturated rings. The van der Waals surface area contributed by atoms with Crippen molar-refractivity contribution >= 4 is 11.6 Å². The van der Waals surface area contributed by atoms with E-state index in [9.17, 15) is 0 Å². The average molecular weight is 147 g/mol. The van der Waals surface area contributed by atoms with Gasteiger partial charge >= 0.3 is 0 Å². The summed E-state index contributed by atoms with van der Waals surface area (Å²) in [6.45, 7) is 4.67. The van der Waals surface area contributed by atoms with Crippen LogP contribution in [0.25, 0.3) is 0 Å². The van der Waals surface area contributed by atoms with Gasteiger partial charge in [0.25, 0.3) is 0 Å². The zero-order valence-corrected chi connectivity index (χ0v) is 6.16. The minimum atomic E-state index is 0.252. The lowest BCUT2D eigenvalue weighted by Crippen LogP contribution is -2.08. The second-order valence-electron chi connectivity index (χ2n) is 2.29. The van der Waals surface area contributed by atoms with Crippen LogP contribution in [0, 0.1) is 0 Å². The van der Waals surface area contributed by atoms with E-state index in [4.69, 9.17) is 16.3 Å². The van der Waals surface area contributed by atoms with Gasteiger partial charge in [0.2, 0.25) is 0 Å². The molecule has 0 N–H and O–H groups in total. The van der Waals surface area contributed by atoms with Crippen molar-refractivity contribution < 1.29 is 4.74 Å². The molecule has 0 aromatic carbocycles. The number of alkyl halides is 1. The molecule has 1 saturated heterocycles. The van der Waals surface area contributed by atoms with Crippen molar-refractivity contribution in [2.45, 2.75) is 18.9 Å². The summed E-state index contributed by atoms with van der Waals surface area (Å²) in [6, 6.07) is 0. The number of halogens is 1. The predicted molar refractivity (Wildman–Crippen MR) is 38.8 cm³/mol. The first kappa shape index (κ1) is 7.10. The Morgan fingerprint density at radius 3 is 3.00 bits per heavy atom. The van der Waals surface area contributed by atoms with Gasteiger partial charge < -0.3 is 4.74 Å². The third-order valence-electron chi connectivity index (χ3n) is 1.56. The van der Waals surface area contributed by atoms with Crippen LogP contribution in [0.2, 0.25) is 0 Å². The van der Waals surface area contributed by atoms with Gasteiger partial charge in [0.15, 0.2) is 0 Å². The van der Waals surface area contributed by atoms with E-state index in [1.807, 2.05) is 0 Å². The Balaban J connectivity index is 2.32. The minimum Gasteiger partial charge on any atom is -0.374 e. The molecule has 1 aliphatic heterocycles. The normalized spacial score (nSPS) is 26.6. The van der Waals surface area contributed by atoms with Gasteiger partial charge in [-0.15, -0.1) is 11.6 Å². The van der Waals surface area contributed by atoms with Crippen LogP contribution in [-0.2, 0) is 4.74 Å². The summed E-state index contributed by atoms with van der Waals surface area (Å²) < 4.78 is 5.32. The quantitative estimate of drug-likeness (QED) is 0.428. The Morgan fingerprint density at radius 2 is 2.56 bits per heavy atom. The van der Waals surface area contributed by atoms with Crippen molar-refractivity contribution in [3.05, 3.63) is 12.2 Å². The summed E-state index contributed by atoms with van der Waals surface area (Å²) in [4.78, 5) is 0. The molecule has 52 valence electrons. The highest BCUT2D eigenvalue weighted by atomic mass is 35.5. The van der Waals surface area contributed by atoms with Crippen LogP contribution in [-0.4, -0.2) is 18.6 Å². The second-order valence-corrected chi connectivity index (χ2v) is 2.56. The summed E-state index contributed by atoms with van der Waals surface area (Å²) in [5.41, 5.74) is 1.02. The lowest BCUT2D eigenvalue weighted by Gasteiger charge is -2.08. The Labute approximate surface area is 60.7 Å². The molecule has 1 heterocycles. The highest BCUT2D eigenvalue weighted by Crippen LogP contribution is 2.18. The zero-order valence-electron chi connectivity index (χ0n) is 5.40. The Bertz CT molecular complexity index is 105. The van der Waals surface area contributed by atoms with E-state index in [2.05, 4.69) is 6.58 Å². The van der Waals surface area contributed by atoms with Gasteiger partial charge in [0, 0.05) is 12.5 Å². The van der Waals surface area contributed by atoms with Crippen molar-refractivity contribution in [3.8, 4) is 0 Å².